The second-order valence-electron chi connectivity index (χ2n) is 8.26. The number of hydrogen-bond donors (Lipinski definition) is 1. The molecule has 0 aliphatic carbocycles. The molecule has 3 heterocycles. The number of rotatable bonds is 5. The van der Waals surface area contributed by atoms with Crippen LogP contribution in [0.5, 0.6) is 0 Å². The zero-order valence-electron chi connectivity index (χ0n) is 19.3. The van der Waals surface area contributed by atoms with Gasteiger partial charge in [-0.3, -0.25) is 18.7 Å². The SMILES string of the molecule is Cc1cccc(-n2cc(-c3ccc(NC(=O)Cn4cnc5c4c(=O)n(C)c(=O)n5C)cc3)nn2)c1. The molecule has 5 aromatic rings. The Labute approximate surface area is 198 Å². The van der Waals surface area contributed by atoms with Gasteiger partial charge in [-0.1, -0.05) is 29.5 Å². The topological polar surface area (TPSA) is 122 Å². The number of fused-ring (bicyclic) bond motifs is 1. The van der Waals surface area contributed by atoms with Crippen LogP contribution in [0, 0.1) is 6.92 Å². The molecule has 11 nitrogen and oxygen atoms in total. The van der Waals surface area contributed by atoms with Crippen molar-refractivity contribution in [3.63, 3.8) is 0 Å². The van der Waals surface area contributed by atoms with Crippen LogP contribution in [0.15, 0.2) is 70.6 Å². The van der Waals surface area contributed by atoms with Crippen molar-refractivity contribution < 1.29 is 4.79 Å². The van der Waals surface area contributed by atoms with Crippen molar-refractivity contribution >= 4 is 22.8 Å². The molecule has 176 valence electrons. The van der Waals surface area contributed by atoms with Gasteiger partial charge in [0.2, 0.25) is 5.91 Å². The number of aryl methyl sites for hydroxylation is 2. The summed E-state index contributed by atoms with van der Waals surface area (Å²) in [5.41, 5.74) is 3.65. The largest absolute Gasteiger partial charge is 0.332 e. The predicted molar refractivity (Wildman–Crippen MR) is 130 cm³/mol. The first kappa shape index (κ1) is 22.0. The van der Waals surface area contributed by atoms with Crippen molar-refractivity contribution in [2.75, 3.05) is 5.32 Å². The van der Waals surface area contributed by atoms with Gasteiger partial charge in [-0.15, -0.1) is 5.10 Å². The minimum Gasteiger partial charge on any atom is -0.325 e. The molecule has 0 atom stereocenters. The molecular formula is C24H22N8O3. The first-order valence-corrected chi connectivity index (χ1v) is 10.8. The lowest BCUT2D eigenvalue weighted by molar-refractivity contribution is -0.116. The van der Waals surface area contributed by atoms with Crippen molar-refractivity contribution in [3.05, 3.63) is 87.5 Å². The van der Waals surface area contributed by atoms with Crippen LogP contribution in [0.1, 0.15) is 5.56 Å². The number of nitrogens with one attached hydrogen (secondary N) is 1. The van der Waals surface area contributed by atoms with E-state index < -0.39 is 11.2 Å². The first-order chi connectivity index (χ1) is 16.8. The molecule has 0 unspecified atom stereocenters. The lowest BCUT2D eigenvalue weighted by atomic mass is 10.1. The average Bonchev–Trinajstić information content (AvgIpc) is 3.50. The van der Waals surface area contributed by atoms with Crippen LogP contribution in [-0.2, 0) is 25.4 Å². The zero-order valence-corrected chi connectivity index (χ0v) is 19.3. The number of benzene rings is 2. The van der Waals surface area contributed by atoms with Gasteiger partial charge in [-0.2, -0.15) is 0 Å². The second kappa shape index (κ2) is 8.52. The summed E-state index contributed by atoms with van der Waals surface area (Å²) in [6.07, 6.45) is 3.23. The van der Waals surface area contributed by atoms with E-state index in [0.29, 0.717) is 11.4 Å². The third-order valence-electron chi connectivity index (χ3n) is 5.76. The van der Waals surface area contributed by atoms with E-state index in [1.807, 2.05) is 49.5 Å². The lowest BCUT2D eigenvalue weighted by Crippen LogP contribution is -2.37. The standard InChI is InChI=1S/C24H22N8O3/c1-15-5-4-6-18(11-15)32-12-19(27-28-32)16-7-9-17(10-8-16)26-20(33)13-31-14-25-22-21(31)23(34)30(3)24(35)29(22)2/h4-12,14H,13H2,1-3H3,(H,26,33). The number of carbonyl (C=O) groups is 1. The monoisotopic (exact) mass is 470 g/mol. The number of amides is 1. The van der Waals surface area contributed by atoms with Gasteiger partial charge in [0.25, 0.3) is 5.56 Å². The predicted octanol–water partition coefficient (Wildman–Crippen LogP) is 1.63. The molecule has 0 bridgehead atoms. The van der Waals surface area contributed by atoms with Gasteiger partial charge in [0.05, 0.1) is 18.2 Å². The van der Waals surface area contributed by atoms with Gasteiger partial charge < -0.3 is 9.88 Å². The summed E-state index contributed by atoms with van der Waals surface area (Å²) in [5.74, 6) is -0.335. The van der Waals surface area contributed by atoms with Crippen LogP contribution in [0.4, 0.5) is 5.69 Å². The third kappa shape index (κ3) is 4.03. The number of imidazole rings is 1. The van der Waals surface area contributed by atoms with Crippen LogP contribution < -0.4 is 16.6 Å². The summed E-state index contributed by atoms with van der Waals surface area (Å²) in [6, 6.07) is 15.2. The van der Waals surface area contributed by atoms with Crippen LogP contribution in [0.25, 0.3) is 28.1 Å². The Bertz CT molecular complexity index is 1690. The number of aromatic nitrogens is 7. The molecule has 3 aromatic heterocycles. The molecule has 1 N–H and O–H groups in total. The van der Waals surface area contributed by atoms with Crippen molar-refractivity contribution in [2.24, 2.45) is 14.1 Å². The maximum absolute atomic E-state index is 12.7. The van der Waals surface area contributed by atoms with E-state index in [1.165, 1.54) is 29.6 Å². The molecule has 1 amide bonds. The van der Waals surface area contributed by atoms with Gasteiger partial charge in [0, 0.05) is 25.3 Å². The van der Waals surface area contributed by atoms with Crippen LogP contribution in [0.3, 0.4) is 0 Å². The molecule has 0 saturated heterocycles. The maximum atomic E-state index is 12.7. The van der Waals surface area contributed by atoms with Crippen LogP contribution in [0.2, 0.25) is 0 Å². The van der Waals surface area contributed by atoms with E-state index in [0.717, 1.165) is 21.4 Å². The fourth-order valence-electron chi connectivity index (χ4n) is 3.89. The zero-order chi connectivity index (χ0) is 24.7. The molecule has 0 saturated carbocycles. The summed E-state index contributed by atoms with van der Waals surface area (Å²) in [7, 11) is 2.92. The minimum absolute atomic E-state index is 0.128. The minimum atomic E-state index is -0.503. The van der Waals surface area contributed by atoms with E-state index in [4.69, 9.17) is 0 Å². The highest BCUT2D eigenvalue weighted by Gasteiger charge is 2.16. The highest BCUT2D eigenvalue weighted by atomic mass is 16.2. The van der Waals surface area contributed by atoms with Crippen molar-refractivity contribution in [1.82, 2.24) is 33.7 Å². The van der Waals surface area contributed by atoms with Crippen LogP contribution >= 0.6 is 0 Å². The van der Waals surface area contributed by atoms with Crippen molar-refractivity contribution in [3.8, 4) is 16.9 Å². The molecular weight excluding hydrogens is 448 g/mol. The number of nitrogens with zero attached hydrogens (tertiary/aromatic N) is 7. The van der Waals surface area contributed by atoms with Gasteiger partial charge >= 0.3 is 5.69 Å². The Balaban J connectivity index is 1.31. The third-order valence-corrected chi connectivity index (χ3v) is 5.76. The quantitative estimate of drug-likeness (QED) is 0.417. The molecule has 0 fully saturated rings. The summed E-state index contributed by atoms with van der Waals surface area (Å²) < 4.78 is 5.42. The van der Waals surface area contributed by atoms with Gasteiger partial charge in [-0.05, 0) is 36.8 Å². The molecule has 0 spiro atoms. The number of carbonyl (C=O) groups excluding carboxylic acids is 1. The number of anilines is 1. The molecule has 0 aliphatic heterocycles. The summed E-state index contributed by atoms with van der Waals surface area (Å²) in [5, 5.41) is 11.3. The summed E-state index contributed by atoms with van der Waals surface area (Å²) in [6.45, 7) is 1.89. The Morgan fingerprint density at radius 1 is 1.03 bits per heavy atom. The fraction of sp³-hybridized carbons (Fsp3) is 0.167. The Morgan fingerprint density at radius 2 is 1.80 bits per heavy atom. The molecule has 35 heavy (non-hydrogen) atoms. The molecule has 5 rings (SSSR count). The normalized spacial score (nSPS) is 11.2. The Hall–Kier alpha value is -4.80. The first-order valence-electron chi connectivity index (χ1n) is 10.8. The van der Waals surface area contributed by atoms with Crippen LogP contribution in [-0.4, -0.2) is 39.6 Å². The van der Waals surface area contributed by atoms with Gasteiger partial charge in [0.15, 0.2) is 11.2 Å². The molecule has 0 radical (unpaired) electrons. The molecule has 2 aromatic carbocycles. The van der Waals surface area contributed by atoms with Gasteiger partial charge in [0.1, 0.15) is 12.2 Å². The van der Waals surface area contributed by atoms with E-state index >= 15 is 0 Å². The summed E-state index contributed by atoms with van der Waals surface area (Å²) in [4.78, 5) is 41.4. The van der Waals surface area contributed by atoms with Crippen molar-refractivity contribution in [2.45, 2.75) is 13.5 Å². The molecule has 0 aliphatic rings. The van der Waals surface area contributed by atoms with E-state index in [-0.39, 0.29) is 23.6 Å². The van der Waals surface area contributed by atoms with E-state index in [9.17, 15) is 14.4 Å². The smallest absolute Gasteiger partial charge is 0.325 e. The van der Waals surface area contributed by atoms with E-state index in [1.54, 1.807) is 16.8 Å². The van der Waals surface area contributed by atoms with Gasteiger partial charge in [-0.25, -0.2) is 14.5 Å². The summed E-state index contributed by atoms with van der Waals surface area (Å²) >= 11 is 0. The highest BCUT2D eigenvalue weighted by Crippen LogP contribution is 2.20. The highest BCUT2D eigenvalue weighted by molar-refractivity contribution is 5.91. The Morgan fingerprint density at radius 3 is 2.54 bits per heavy atom. The van der Waals surface area contributed by atoms with Crippen molar-refractivity contribution in [1.29, 1.82) is 0 Å². The Kier molecular flexibility index (Phi) is 5.36. The van der Waals surface area contributed by atoms with E-state index in [2.05, 4.69) is 20.6 Å². The molecule has 11 heteroatoms. The lowest BCUT2D eigenvalue weighted by Gasteiger charge is -2.08. The second-order valence-corrected chi connectivity index (χ2v) is 8.26. The maximum Gasteiger partial charge on any atom is 0.332 e. The fourth-order valence-corrected chi connectivity index (χ4v) is 3.89. The number of hydrogen-bond acceptors (Lipinski definition) is 6. The average molecular weight is 470 g/mol.